The third-order valence-electron chi connectivity index (χ3n) is 3.49. The van der Waals surface area contributed by atoms with Gasteiger partial charge in [-0.25, -0.2) is 13.4 Å². The van der Waals surface area contributed by atoms with Gasteiger partial charge >= 0.3 is 6.18 Å². The van der Waals surface area contributed by atoms with Crippen LogP contribution < -0.4 is 5.32 Å². The van der Waals surface area contributed by atoms with Crippen molar-refractivity contribution >= 4 is 33.3 Å². The van der Waals surface area contributed by atoms with Gasteiger partial charge in [0.05, 0.1) is 17.1 Å². The van der Waals surface area contributed by atoms with Gasteiger partial charge in [-0.2, -0.15) is 17.5 Å². The summed E-state index contributed by atoms with van der Waals surface area (Å²) in [6.45, 7) is 1.17. The third kappa shape index (κ3) is 5.18. The Labute approximate surface area is 159 Å². The molecule has 0 bridgehead atoms. The van der Waals surface area contributed by atoms with Crippen LogP contribution in [0.3, 0.4) is 0 Å². The summed E-state index contributed by atoms with van der Waals surface area (Å²) in [5, 5.41) is 2.03. The summed E-state index contributed by atoms with van der Waals surface area (Å²) in [5.74, 6) is -0.492. The van der Waals surface area contributed by atoms with E-state index in [1.54, 1.807) is 13.0 Å². The summed E-state index contributed by atoms with van der Waals surface area (Å²) in [7, 11) is -3.36. The highest BCUT2D eigenvalue weighted by Crippen LogP contribution is 2.34. The minimum atomic E-state index is -4.73. The fraction of sp³-hybridized carbons (Fsp3) is 0.250. The van der Waals surface area contributed by atoms with Gasteiger partial charge in [0.15, 0.2) is 0 Å². The molecule has 1 N–H and O–H groups in total. The van der Waals surface area contributed by atoms with Crippen LogP contribution in [0.4, 0.5) is 19.0 Å². The second kappa shape index (κ2) is 7.83. The summed E-state index contributed by atoms with van der Waals surface area (Å²) >= 11 is 5.77. The van der Waals surface area contributed by atoms with Crippen molar-refractivity contribution in [1.29, 1.82) is 0 Å². The molecule has 0 atom stereocenters. The van der Waals surface area contributed by atoms with Gasteiger partial charge < -0.3 is 5.32 Å². The van der Waals surface area contributed by atoms with Crippen LogP contribution >= 0.6 is 11.6 Å². The first kappa shape index (κ1) is 21.1. The van der Waals surface area contributed by atoms with Crippen molar-refractivity contribution < 1.29 is 26.4 Å². The predicted molar refractivity (Wildman–Crippen MR) is 93.9 cm³/mol. The Morgan fingerprint density at radius 1 is 1.26 bits per heavy atom. The summed E-state index contributed by atoms with van der Waals surface area (Å²) in [6.07, 6.45) is -3.22. The molecular weight excluding hydrogens is 407 g/mol. The van der Waals surface area contributed by atoms with Crippen molar-refractivity contribution in [2.45, 2.75) is 18.0 Å². The van der Waals surface area contributed by atoms with Crippen LogP contribution in [-0.4, -0.2) is 37.2 Å². The molecule has 11 heteroatoms. The number of anilines is 1. The monoisotopic (exact) mass is 421 g/mol. The number of nitrogens with one attached hydrogen (secondary N) is 1. The average molecular weight is 422 g/mol. The van der Waals surface area contributed by atoms with E-state index in [0.29, 0.717) is 16.4 Å². The average Bonchev–Trinajstić information content (AvgIpc) is 2.56. The van der Waals surface area contributed by atoms with Crippen LogP contribution in [0.15, 0.2) is 41.4 Å². The minimum absolute atomic E-state index is 0.216. The number of halogens is 4. The van der Waals surface area contributed by atoms with Crippen molar-refractivity contribution in [3.8, 4) is 0 Å². The van der Waals surface area contributed by atoms with E-state index in [0.717, 1.165) is 18.7 Å². The Balaban J connectivity index is 2.20. The molecule has 0 saturated heterocycles. The van der Waals surface area contributed by atoms with E-state index in [1.165, 1.54) is 12.3 Å². The first-order valence-electron chi connectivity index (χ1n) is 7.47. The summed E-state index contributed by atoms with van der Waals surface area (Å²) in [4.78, 5) is 15.2. The lowest BCUT2D eigenvalue weighted by Crippen LogP contribution is -2.35. The Morgan fingerprint density at radius 2 is 1.93 bits per heavy atom. The molecule has 0 spiro atoms. The van der Waals surface area contributed by atoms with Crippen molar-refractivity contribution in [3.63, 3.8) is 0 Å². The van der Waals surface area contributed by atoms with Crippen LogP contribution in [-0.2, 0) is 21.0 Å². The molecule has 27 heavy (non-hydrogen) atoms. The molecule has 0 unspecified atom stereocenters. The quantitative estimate of drug-likeness (QED) is 0.803. The maximum Gasteiger partial charge on any atom is 0.416 e. The molecule has 0 fully saturated rings. The number of amides is 1. The van der Waals surface area contributed by atoms with E-state index in [9.17, 15) is 26.4 Å². The number of alkyl halides is 3. The number of aromatic nitrogens is 1. The molecular formula is C16H15ClF3N3O3S. The second-order valence-electron chi connectivity index (χ2n) is 5.67. The molecule has 146 valence electrons. The van der Waals surface area contributed by atoms with Gasteiger partial charge in [0.1, 0.15) is 10.7 Å². The standard InChI is InChI=1S/C16H15ClF3N3O3S/c1-10-3-6-14(21-8-10)22-15(24)9-23(2)27(25,26)13-7-11(16(18,19)20)4-5-12(13)17/h3-8H,9H2,1-2H3,(H,21,22,24). The van der Waals surface area contributed by atoms with E-state index in [-0.39, 0.29) is 10.8 Å². The highest BCUT2D eigenvalue weighted by atomic mass is 35.5. The maximum atomic E-state index is 12.8. The lowest BCUT2D eigenvalue weighted by atomic mass is 10.2. The van der Waals surface area contributed by atoms with E-state index in [2.05, 4.69) is 10.3 Å². The number of nitrogens with zero attached hydrogens (tertiary/aromatic N) is 2. The fourth-order valence-corrected chi connectivity index (χ4v) is 3.68. The maximum absolute atomic E-state index is 12.8. The van der Waals surface area contributed by atoms with Gasteiger partial charge in [0.25, 0.3) is 0 Å². The van der Waals surface area contributed by atoms with Crippen LogP contribution in [0.1, 0.15) is 11.1 Å². The summed E-state index contributed by atoms with van der Waals surface area (Å²) < 4.78 is 64.2. The molecule has 0 aliphatic carbocycles. The summed E-state index contributed by atoms with van der Waals surface area (Å²) in [6, 6.07) is 5.20. The van der Waals surface area contributed by atoms with Crippen LogP contribution in [0.5, 0.6) is 0 Å². The number of sulfonamides is 1. The molecule has 0 aliphatic rings. The number of hydrogen-bond donors (Lipinski definition) is 1. The number of carbonyl (C=O) groups is 1. The number of likely N-dealkylation sites (N-methyl/N-ethyl adjacent to an activating group) is 1. The molecule has 1 aromatic heterocycles. The van der Waals surface area contributed by atoms with Crippen molar-refractivity contribution in [2.75, 3.05) is 18.9 Å². The lowest BCUT2D eigenvalue weighted by molar-refractivity contribution is -0.137. The number of pyridine rings is 1. The fourth-order valence-electron chi connectivity index (χ4n) is 2.06. The Morgan fingerprint density at radius 3 is 2.48 bits per heavy atom. The van der Waals surface area contributed by atoms with Gasteiger partial charge in [-0.3, -0.25) is 4.79 Å². The molecule has 1 amide bonds. The van der Waals surface area contributed by atoms with Crippen LogP contribution in [0.25, 0.3) is 0 Å². The highest BCUT2D eigenvalue weighted by molar-refractivity contribution is 7.89. The zero-order chi connectivity index (χ0) is 20.4. The van der Waals surface area contributed by atoms with Crippen molar-refractivity contribution in [2.24, 2.45) is 0 Å². The topological polar surface area (TPSA) is 79.4 Å². The number of rotatable bonds is 5. The number of carbonyl (C=O) groups excluding carboxylic acids is 1. The molecule has 1 aromatic carbocycles. The largest absolute Gasteiger partial charge is 0.416 e. The van der Waals surface area contributed by atoms with E-state index < -0.39 is 39.1 Å². The molecule has 6 nitrogen and oxygen atoms in total. The van der Waals surface area contributed by atoms with Gasteiger partial charge in [0.2, 0.25) is 15.9 Å². The first-order valence-corrected chi connectivity index (χ1v) is 9.28. The normalized spacial score (nSPS) is 12.3. The Bertz CT molecular complexity index is 948. The number of benzene rings is 1. The SMILES string of the molecule is Cc1ccc(NC(=O)CN(C)S(=O)(=O)c2cc(C(F)(F)F)ccc2Cl)nc1. The second-order valence-corrected chi connectivity index (χ2v) is 8.09. The zero-order valence-corrected chi connectivity index (χ0v) is 15.8. The van der Waals surface area contributed by atoms with Crippen LogP contribution in [0.2, 0.25) is 5.02 Å². The number of aryl methyl sites for hydroxylation is 1. The summed E-state index contributed by atoms with van der Waals surface area (Å²) in [5.41, 5.74) is -0.293. The van der Waals surface area contributed by atoms with E-state index >= 15 is 0 Å². The molecule has 2 rings (SSSR count). The molecule has 2 aromatic rings. The van der Waals surface area contributed by atoms with E-state index in [1.807, 2.05) is 0 Å². The molecule has 0 saturated carbocycles. The molecule has 0 radical (unpaired) electrons. The van der Waals surface area contributed by atoms with Crippen molar-refractivity contribution in [3.05, 3.63) is 52.7 Å². The number of hydrogen-bond acceptors (Lipinski definition) is 4. The minimum Gasteiger partial charge on any atom is -0.310 e. The van der Waals surface area contributed by atoms with Crippen molar-refractivity contribution in [1.82, 2.24) is 9.29 Å². The molecule has 1 heterocycles. The van der Waals surface area contributed by atoms with E-state index in [4.69, 9.17) is 11.6 Å². The van der Waals surface area contributed by atoms with Gasteiger partial charge in [0, 0.05) is 13.2 Å². The smallest absolute Gasteiger partial charge is 0.310 e. The van der Waals surface area contributed by atoms with Gasteiger partial charge in [-0.15, -0.1) is 0 Å². The molecule has 0 aliphatic heterocycles. The third-order valence-corrected chi connectivity index (χ3v) is 5.78. The zero-order valence-electron chi connectivity index (χ0n) is 14.2. The van der Waals surface area contributed by atoms with Crippen LogP contribution in [0, 0.1) is 6.92 Å². The van der Waals surface area contributed by atoms with Gasteiger partial charge in [-0.1, -0.05) is 17.7 Å². The van der Waals surface area contributed by atoms with Gasteiger partial charge in [-0.05, 0) is 36.8 Å². The highest BCUT2D eigenvalue weighted by Gasteiger charge is 2.34. The predicted octanol–water partition coefficient (Wildman–Crippen LogP) is 3.32. The Kier molecular flexibility index (Phi) is 6.13. The first-order chi connectivity index (χ1) is 12.4. The lowest BCUT2D eigenvalue weighted by Gasteiger charge is -2.18. The Hall–Kier alpha value is -2.17.